The van der Waals surface area contributed by atoms with Gasteiger partial charge in [0.05, 0.1) is 5.69 Å². The Morgan fingerprint density at radius 1 is 1.08 bits per heavy atom. The lowest BCUT2D eigenvalue weighted by atomic mass is 10.1. The Morgan fingerprint density at radius 2 is 1.86 bits per heavy atom. The Balaban J connectivity index is 1.37. The summed E-state index contributed by atoms with van der Waals surface area (Å²) in [5.41, 5.74) is 9.54. The second-order valence-electron chi connectivity index (χ2n) is 8.08. The third kappa shape index (κ3) is 6.11. The molecule has 10 nitrogen and oxygen atoms in total. The van der Waals surface area contributed by atoms with Gasteiger partial charge in [-0.3, -0.25) is 9.36 Å². The van der Waals surface area contributed by atoms with E-state index >= 15 is 0 Å². The van der Waals surface area contributed by atoms with E-state index in [1.54, 1.807) is 30.5 Å². The molecule has 0 fully saturated rings. The Bertz CT molecular complexity index is 1480. The van der Waals surface area contributed by atoms with Gasteiger partial charge in [-0.05, 0) is 54.4 Å². The van der Waals surface area contributed by atoms with Crippen molar-refractivity contribution < 1.29 is 9.53 Å². The second-order valence-corrected chi connectivity index (χ2v) is 8.08. The van der Waals surface area contributed by atoms with Crippen molar-refractivity contribution in [1.29, 1.82) is 0 Å². The van der Waals surface area contributed by atoms with E-state index in [4.69, 9.17) is 10.5 Å². The number of carbonyl (C=O) groups is 1. The van der Waals surface area contributed by atoms with Crippen LogP contribution < -0.4 is 26.8 Å². The van der Waals surface area contributed by atoms with Gasteiger partial charge in [-0.15, -0.1) is 0 Å². The average Bonchev–Trinajstić information content (AvgIpc) is 2.81. The molecule has 36 heavy (non-hydrogen) atoms. The number of amides is 1. The van der Waals surface area contributed by atoms with Crippen molar-refractivity contribution in [2.75, 3.05) is 16.4 Å². The Morgan fingerprint density at radius 3 is 2.56 bits per heavy atom. The first-order valence-corrected chi connectivity index (χ1v) is 11.0. The van der Waals surface area contributed by atoms with E-state index in [1.165, 1.54) is 17.8 Å². The number of aromatic nitrogens is 4. The number of nitrogens with two attached hydrogens (primary N) is 1. The van der Waals surface area contributed by atoms with Gasteiger partial charge in [0.15, 0.2) is 0 Å². The maximum atomic E-state index is 12.2. The van der Waals surface area contributed by atoms with Gasteiger partial charge in [-0.1, -0.05) is 18.7 Å². The standard InChI is InChI=1S/C26H25N7O3/c1-16-12-19(4-9-22(16)33-11-10-23(27)32-26(33)35)13-17(2)30-20-5-7-21(8-6-20)36-25-14-24(28-15-29-25)31-18(3)34/h4-12,14-15,30H,2,13H2,1,3H3,(H2,27,32,35)(H,28,29,31,34). The van der Waals surface area contributed by atoms with Crippen LogP contribution in [0.4, 0.5) is 17.3 Å². The summed E-state index contributed by atoms with van der Waals surface area (Å²) in [7, 11) is 0. The van der Waals surface area contributed by atoms with Crippen LogP contribution in [0.25, 0.3) is 5.69 Å². The van der Waals surface area contributed by atoms with E-state index in [0.717, 1.165) is 28.2 Å². The third-order valence-corrected chi connectivity index (χ3v) is 5.11. The number of carbonyl (C=O) groups excluding carboxylic acids is 1. The van der Waals surface area contributed by atoms with Crippen molar-refractivity contribution in [3.8, 4) is 17.3 Å². The normalized spacial score (nSPS) is 10.5. The number of rotatable bonds is 8. The molecule has 0 saturated carbocycles. The minimum Gasteiger partial charge on any atom is -0.439 e. The van der Waals surface area contributed by atoms with Crippen LogP contribution in [0.2, 0.25) is 0 Å². The Labute approximate surface area is 207 Å². The predicted octanol–water partition coefficient (Wildman–Crippen LogP) is 3.83. The SMILES string of the molecule is C=C(Cc1ccc(-n2ccc(N)nc2=O)c(C)c1)Nc1ccc(Oc2cc(NC(C)=O)ncn2)cc1. The first-order valence-electron chi connectivity index (χ1n) is 11.0. The van der Waals surface area contributed by atoms with E-state index < -0.39 is 5.69 Å². The summed E-state index contributed by atoms with van der Waals surface area (Å²) >= 11 is 0. The summed E-state index contributed by atoms with van der Waals surface area (Å²) in [6, 6.07) is 16.3. The number of hydrogen-bond donors (Lipinski definition) is 3. The number of benzene rings is 2. The Kier molecular flexibility index (Phi) is 7.05. The largest absolute Gasteiger partial charge is 0.439 e. The van der Waals surface area contributed by atoms with Gasteiger partial charge < -0.3 is 21.1 Å². The molecule has 1 amide bonds. The summed E-state index contributed by atoms with van der Waals surface area (Å²) in [5, 5.41) is 5.88. The fourth-order valence-corrected chi connectivity index (χ4v) is 3.56. The van der Waals surface area contributed by atoms with Gasteiger partial charge in [0, 0.05) is 37.0 Å². The quantitative estimate of drug-likeness (QED) is 0.344. The van der Waals surface area contributed by atoms with Crippen LogP contribution in [0.3, 0.4) is 0 Å². The van der Waals surface area contributed by atoms with E-state index in [2.05, 4.69) is 32.2 Å². The van der Waals surface area contributed by atoms with Crippen molar-refractivity contribution in [2.24, 2.45) is 0 Å². The van der Waals surface area contributed by atoms with Gasteiger partial charge >= 0.3 is 5.69 Å². The highest BCUT2D eigenvalue weighted by Crippen LogP contribution is 2.24. The summed E-state index contributed by atoms with van der Waals surface area (Å²) < 4.78 is 7.21. The van der Waals surface area contributed by atoms with Crippen LogP contribution >= 0.6 is 0 Å². The molecule has 2 aromatic heterocycles. The topological polar surface area (TPSA) is 137 Å². The molecule has 182 valence electrons. The molecule has 4 aromatic rings. The zero-order valence-corrected chi connectivity index (χ0v) is 19.9. The fourth-order valence-electron chi connectivity index (χ4n) is 3.56. The zero-order chi connectivity index (χ0) is 25.7. The number of nitrogens with one attached hydrogen (secondary N) is 2. The van der Waals surface area contributed by atoms with E-state index in [0.29, 0.717) is 23.9 Å². The van der Waals surface area contributed by atoms with Crippen LogP contribution in [-0.4, -0.2) is 25.4 Å². The molecule has 0 unspecified atom stereocenters. The number of allylic oxidation sites excluding steroid dienone is 1. The third-order valence-electron chi connectivity index (χ3n) is 5.11. The van der Waals surface area contributed by atoms with Crippen LogP contribution in [0.5, 0.6) is 11.6 Å². The molecule has 0 aliphatic rings. The Hall–Kier alpha value is -4.99. The highest BCUT2D eigenvalue weighted by molar-refractivity contribution is 5.87. The number of nitrogens with zero attached hydrogens (tertiary/aromatic N) is 4. The number of ether oxygens (including phenoxy) is 1. The van der Waals surface area contributed by atoms with Gasteiger partial charge in [0.2, 0.25) is 11.8 Å². The molecule has 0 bridgehead atoms. The molecule has 0 radical (unpaired) electrons. The number of anilines is 3. The lowest BCUT2D eigenvalue weighted by Gasteiger charge is -2.13. The number of hydrogen-bond acceptors (Lipinski definition) is 8. The molecule has 2 aromatic carbocycles. The molecule has 2 heterocycles. The maximum Gasteiger partial charge on any atom is 0.354 e. The minimum absolute atomic E-state index is 0.192. The number of nitrogen functional groups attached to an aromatic ring is 1. The zero-order valence-electron chi connectivity index (χ0n) is 19.9. The van der Waals surface area contributed by atoms with Crippen LogP contribution in [0, 0.1) is 6.92 Å². The molecule has 0 aliphatic heterocycles. The predicted molar refractivity (Wildman–Crippen MR) is 138 cm³/mol. The van der Waals surface area contributed by atoms with Crippen LogP contribution in [0.15, 0.2) is 84.2 Å². The first-order chi connectivity index (χ1) is 17.3. The molecule has 0 atom stereocenters. The van der Waals surface area contributed by atoms with Crippen molar-refractivity contribution >= 4 is 23.2 Å². The molecule has 4 rings (SSSR count). The molecule has 4 N–H and O–H groups in total. The van der Waals surface area contributed by atoms with Gasteiger partial charge in [-0.25, -0.2) is 14.8 Å². The molecular formula is C26H25N7O3. The molecular weight excluding hydrogens is 458 g/mol. The summed E-state index contributed by atoms with van der Waals surface area (Å²) in [6.07, 6.45) is 3.54. The van der Waals surface area contributed by atoms with Gasteiger partial charge in [0.1, 0.15) is 23.7 Å². The monoisotopic (exact) mass is 483 g/mol. The highest BCUT2D eigenvalue weighted by atomic mass is 16.5. The smallest absolute Gasteiger partial charge is 0.354 e. The van der Waals surface area contributed by atoms with Crippen LogP contribution in [0.1, 0.15) is 18.1 Å². The molecule has 0 saturated heterocycles. The van der Waals surface area contributed by atoms with Crippen molar-refractivity contribution in [2.45, 2.75) is 20.3 Å². The summed E-state index contributed by atoms with van der Waals surface area (Å²) in [6.45, 7) is 7.47. The van der Waals surface area contributed by atoms with Gasteiger partial charge in [0.25, 0.3) is 0 Å². The van der Waals surface area contributed by atoms with E-state index in [1.807, 2.05) is 37.3 Å². The molecule has 0 aliphatic carbocycles. The van der Waals surface area contributed by atoms with Crippen molar-refractivity contribution in [3.05, 3.63) is 101 Å². The molecule has 0 spiro atoms. The average molecular weight is 484 g/mol. The number of aryl methyl sites for hydroxylation is 1. The molecule has 10 heteroatoms. The first kappa shape index (κ1) is 24.1. The van der Waals surface area contributed by atoms with E-state index in [-0.39, 0.29) is 11.7 Å². The maximum absolute atomic E-state index is 12.2. The van der Waals surface area contributed by atoms with Gasteiger partial charge in [-0.2, -0.15) is 4.98 Å². The lowest BCUT2D eigenvalue weighted by Crippen LogP contribution is -2.22. The minimum atomic E-state index is -0.419. The van der Waals surface area contributed by atoms with Crippen molar-refractivity contribution in [1.82, 2.24) is 19.5 Å². The summed E-state index contributed by atoms with van der Waals surface area (Å²) in [5.74, 6) is 1.23. The van der Waals surface area contributed by atoms with Crippen molar-refractivity contribution in [3.63, 3.8) is 0 Å². The highest BCUT2D eigenvalue weighted by Gasteiger charge is 2.08. The second kappa shape index (κ2) is 10.5. The lowest BCUT2D eigenvalue weighted by molar-refractivity contribution is -0.114. The fraction of sp³-hybridized carbons (Fsp3) is 0.115. The summed E-state index contributed by atoms with van der Waals surface area (Å²) in [4.78, 5) is 35.2. The van der Waals surface area contributed by atoms with Crippen LogP contribution in [-0.2, 0) is 11.2 Å². The van der Waals surface area contributed by atoms with E-state index in [9.17, 15) is 9.59 Å².